The zero-order valence-electron chi connectivity index (χ0n) is 12.3. The average Bonchev–Trinajstić information content (AvgIpc) is 2.37. The zero-order chi connectivity index (χ0) is 15.2. The predicted molar refractivity (Wildman–Crippen MR) is 71.0 cm³/mol. The molecule has 116 valence electrons. The molecule has 1 fully saturated rings. The number of halogens is 3. The summed E-state index contributed by atoms with van der Waals surface area (Å²) >= 11 is 0. The average molecular weight is 291 g/mol. The van der Waals surface area contributed by atoms with Crippen LogP contribution in [0.3, 0.4) is 0 Å². The summed E-state index contributed by atoms with van der Waals surface area (Å²) in [7, 11) is 0. The van der Waals surface area contributed by atoms with Crippen molar-refractivity contribution in [3.63, 3.8) is 0 Å². The van der Waals surface area contributed by atoms with Gasteiger partial charge >= 0.3 is 6.18 Å². The van der Waals surface area contributed by atoms with Crippen LogP contribution in [0.5, 0.6) is 0 Å². The second-order valence-corrected chi connectivity index (χ2v) is 6.24. The van der Waals surface area contributed by atoms with E-state index < -0.39 is 12.8 Å². The fourth-order valence-electron chi connectivity index (χ4n) is 2.98. The van der Waals surface area contributed by atoms with Crippen molar-refractivity contribution >= 4 is 0 Å². The Bertz CT molecular complexity index is 325. The molecule has 0 saturated heterocycles. The van der Waals surface area contributed by atoms with Gasteiger partial charge in [0, 0.05) is 6.61 Å². The minimum atomic E-state index is -4.26. The third-order valence-corrected chi connectivity index (χ3v) is 4.38. The van der Waals surface area contributed by atoms with E-state index in [0.717, 1.165) is 25.7 Å². The van der Waals surface area contributed by atoms with E-state index >= 15 is 0 Å². The quantitative estimate of drug-likeness (QED) is 0.664. The number of hydrogen-bond donors (Lipinski definition) is 0. The molecule has 0 heterocycles. The van der Waals surface area contributed by atoms with Crippen molar-refractivity contribution in [1.82, 2.24) is 0 Å². The van der Waals surface area contributed by atoms with E-state index in [0.29, 0.717) is 24.7 Å². The van der Waals surface area contributed by atoms with Crippen LogP contribution in [0.2, 0.25) is 0 Å². The van der Waals surface area contributed by atoms with Crippen LogP contribution >= 0.6 is 0 Å². The molecule has 5 heteroatoms. The van der Waals surface area contributed by atoms with E-state index in [9.17, 15) is 18.4 Å². The molecule has 0 atom stereocenters. The normalized spacial score (nSPS) is 27.6. The molecule has 0 aromatic carbocycles. The summed E-state index contributed by atoms with van der Waals surface area (Å²) in [5.74, 6) is 1.32. The Morgan fingerprint density at radius 3 is 2.35 bits per heavy atom. The Labute approximate surface area is 119 Å². The summed E-state index contributed by atoms with van der Waals surface area (Å²) in [6, 6.07) is 2.41. The molecule has 1 saturated carbocycles. The molecule has 0 aliphatic heterocycles. The summed E-state index contributed by atoms with van der Waals surface area (Å²) in [6.45, 7) is 3.29. The van der Waals surface area contributed by atoms with Gasteiger partial charge < -0.3 is 4.74 Å². The second kappa shape index (κ2) is 7.31. The van der Waals surface area contributed by atoms with Crippen LogP contribution in [0.25, 0.3) is 0 Å². The van der Waals surface area contributed by atoms with Crippen LogP contribution in [0.1, 0.15) is 52.4 Å². The van der Waals surface area contributed by atoms with E-state index in [2.05, 4.69) is 24.7 Å². The first-order valence-electron chi connectivity index (χ1n) is 7.34. The largest absolute Gasteiger partial charge is 0.411 e. The molecule has 20 heavy (non-hydrogen) atoms. The maximum absolute atomic E-state index is 11.9. The molecule has 0 bridgehead atoms. The molecule has 2 nitrogen and oxygen atoms in total. The topological polar surface area (TPSA) is 33.0 Å². The molecule has 1 aliphatic carbocycles. The van der Waals surface area contributed by atoms with Crippen LogP contribution in [0.15, 0.2) is 0 Å². The van der Waals surface area contributed by atoms with Gasteiger partial charge in [-0.15, -0.1) is 0 Å². The third-order valence-electron chi connectivity index (χ3n) is 4.38. The number of nitriles is 1. The fraction of sp³-hybridized carbons (Fsp3) is 0.933. The summed E-state index contributed by atoms with van der Waals surface area (Å²) in [5, 5.41) is 9.38. The molecule has 0 amide bonds. The van der Waals surface area contributed by atoms with Crippen molar-refractivity contribution in [3.05, 3.63) is 0 Å². The van der Waals surface area contributed by atoms with Crippen molar-refractivity contribution in [2.45, 2.75) is 58.5 Å². The Morgan fingerprint density at radius 1 is 1.30 bits per heavy atom. The van der Waals surface area contributed by atoms with Gasteiger partial charge in [0.15, 0.2) is 0 Å². The predicted octanol–water partition coefficient (Wildman–Crippen LogP) is 4.70. The number of nitrogens with zero attached hydrogens (tertiary/aromatic N) is 1. The lowest BCUT2D eigenvalue weighted by Crippen LogP contribution is -2.28. The first kappa shape index (κ1) is 17.3. The molecule has 0 spiro atoms. The lowest BCUT2D eigenvalue weighted by Gasteiger charge is -2.36. The monoisotopic (exact) mass is 291 g/mol. The van der Waals surface area contributed by atoms with Crippen molar-refractivity contribution in [2.24, 2.45) is 17.3 Å². The molecule has 0 aromatic heterocycles. The molecular weight excluding hydrogens is 267 g/mol. The second-order valence-electron chi connectivity index (χ2n) is 6.24. The molecular formula is C15H24F3NO. The van der Waals surface area contributed by atoms with Crippen LogP contribution in [0, 0.1) is 28.6 Å². The van der Waals surface area contributed by atoms with Crippen LogP contribution in [0.4, 0.5) is 13.2 Å². The summed E-state index contributed by atoms with van der Waals surface area (Å²) < 4.78 is 40.4. The Balaban J connectivity index is 2.29. The third kappa shape index (κ3) is 5.70. The van der Waals surface area contributed by atoms with Crippen LogP contribution in [-0.2, 0) is 4.74 Å². The molecule has 0 N–H and O–H groups in total. The van der Waals surface area contributed by atoms with Gasteiger partial charge in [-0.25, -0.2) is 0 Å². The lowest BCUT2D eigenvalue weighted by atomic mass is 9.67. The van der Waals surface area contributed by atoms with E-state index in [1.807, 2.05) is 0 Å². The maximum Gasteiger partial charge on any atom is 0.411 e. The SMILES string of the molecule is CC(C)C1CCC(C#N)(CCCOCC(F)(F)F)CC1. The lowest BCUT2D eigenvalue weighted by molar-refractivity contribution is -0.174. The number of ether oxygens (including phenoxy) is 1. The highest BCUT2D eigenvalue weighted by atomic mass is 19.4. The first-order valence-corrected chi connectivity index (χ1v) is 7.34. The summed E-state index contributed by atoms with van der Waals surface area (Å²) in [5.41, 5.74) is -0.340. The number of hydrogen-bond acceptors (Lipinski definition) is 2. The van der Waals surface area contributed by atoms with E-state index in [4.69, 9.17) is 0 Å². The van der Waals surface area contributed by atoms with Gasteiger partial charge in [-0.1, -0.05) is 13.8 Å². The van der Waals surface area contributed by atoms with Crippen LogP contribution < -0.4 is 0 Å². The Morgan fingerprint density at radius 2 is 1.90 bits per heavy atom. The molecule has 0 radical (unpaired) electrons. The Kier molecular flexibility index (Phi) is 6.32. The first-order chi connectivity index (χ1) is 9.28. The highest BCUT2D eigenvalue weighted by Crippen LogP contribution is 2.43. The summed E-state index contributed by atoms with van der Waals surface area (Å²) in [6.07, 6.45) is 0.741. The van der Waals surface area contributed by atoms with Crippen molar-refractivity contribution in [3.8, 4) is 6.07 Å². The van der Waals surface area contributed by atoms with Crippen molar-refractivity contribution in [1.29, 1.82) is 5.26 Å². The van der Waals surface area contributed by atoms with E-state index in [-0.39, 0.29) is 12.0 Å². The minimum absolute atomic E-state index is 0.0799. The van der Waals surface area contributed by atoms with Gasteiger partial charge in [0.2, 0.25) is 0 Å². The maximum atomic E-state index is 11.9. The highest BCUT2D eigenvalue weighted by Gasteiger charge is 2.36. The van der Waals surface area contributed by atoms with Gasteiger partial charge in [0.1, 0.15) is 6.61 Å². The van der Waals surface area contributed by atoms with Gasteiger partial charge in [0.25, 0.3) is 0 Å². The Hall–Kier alpha value is -0.760. The van der Waals surface area contributed by atoms with Gasteiger partial charge in [0.05, 0.1) is 11.5 Å². The van der Waals surface area contributed by atoms with Gasteiger partial charge in [-0.05, 0) is 50.4 Å². The molecule has 0 unspecified atom stereocenters. The van der Waals surface area contributed by atoms with E-state index in [1.165, 1.54) is 0 Å². The molecule has 0 aromatic rings. The highest BCUT2D eigenvalue weighted by molar-refractivity contribution is 5.01. The standard InChI is InChI=1S/C15H24F3NO/c1-12(2)13-4-7-14(10-19,8-5-13)6-3-9-20-11-15(16,17)18/h12-13H,3-9,11H2,1-2H3. The van der Waals surface area contributed by atoms with Gasteiger partial charge in [-0.2, -0.15) is 18.4 Å². The van der Waals surface area contributed by atoms with Gasteiger partial charge in [-0.3, -0.25) is 0 Å². The molecule has 1 rings (SSSR count). The molecule has 1 aliphatic rings. The number of alkyl halides is 3. The fourth-order valence-corrected chi connectivity index (χ4v) is 2.98. The van der Waals surface area contributed by atoms with Crippen LogP contribution in [-0.4, -0.2) is 19.4 Å². The number of rotatable bonds is 6. The summed E-state index contributed by atoms with van der Waals surface area (Å²) in [4.78, 5) is 0. The zero-order valence-corrected chi connectivity index (χ0v) is 12.3. The minimum Gasteiger partial charge on any atom is -0.372 e. The smallest absolute Gasteiger partial charge is 0.372 e. The van der Waals surface area contributed by atoms with E-state index in [1.54, 1.807) is 0 Å². The van der Waals surface area contributed by atoms with Crippen molar-refractivity contribution in [2.75, 3.05) is 13.2 Å². The van der Waals surface area contributed by atoms with Crippen molar-refractivity contribution < 1.29 is 17.9 Å².